The van der Waals surface area contributed by atoms with E-state index in [4.69, 9.17) is 11.6 Å². The summed E-state index contributed by atoms with van der Waals surface area (Å²) in [5, 5.41) is 10.2. The third-order valence-electron chi connectivity index (χ3n) is 2.19. The third-order valence-corrected chi connectivity index (χ3v) is 3.70. The van der Waals surface area contributed by atoms with Crippen molar-refractivity contribution in [3.63, 3.8) is 0 Å². The molecule has 1 N–H and O–H groups in total. The number of carbonyl (C=O) groups is 1. The van der Waals surface area contributed by atoms with Crippen molar-refractivity contribution in [3.8, 4) is 5.75 Å². The fraction of sp³-hybridized carbons (Fsp3) is 0. The van der Waals surface area contributed by atoms with E-state index in [-0.39, 0.29) is 11.3 Å². The Morgan fingerprint density at radius 3 is 2.59 bits per heavy atom. The predicted molar refractivity (Wildman–Crippen MR) is 69.1 cm³/mol. The SMILES string of the molecule is O=Cc1ccc(Sc2ccccc2Cl)cc1O. The number of carbonyl (C=O) groups excluding carboxylic acids is 1. The molecule has 0 aliphatic carbocycles. The van der Waals surface area contributed by atoms with Gasteiger partial charge in [0, 0.05) is 9.79 Å². The molecular formula is C13H9ClO2S. The van der Waals surface area contributed by atoms with Gasteiger partial charge in [0.15, 0.2) is 6.29 Å². The second kappa shape index (κ2) is 5.25. The first-order valence-electron chi connectivity index (χ1n) is 4.91. The van der Waals surface area contributed by atoms with Crippen molar-refractivity contribution in [2.45, 2.75) is 9.79 Å². The first-order valence-corrected chi connectivity index (χ1v) is 6.11. The van der Waals surface area contributed by atoms with Crippen molar-refractivity contribution < 1.29 is 9.90 Å². The summed E-state index contributed by atoms with van der Waals surface area (Å²) < 4.78 is 0. The summed E-state index contributed by atoms with van der Waals surface area (Å²) in [6.07, 6.45) is 0.624. The lowest BCUT2D eigenvalue weighted by Crippen LogP contribution is -1.82. The van der Waals surface area contributed by atoms with Crippen LogP contribution in [0.1, 0.15) is 10.4 Å². The van der Waals surface area contributed by atoms with Crippen molar-refractivity contribution in [3.05, 3.63) is 53.1 Å². The number of phenolic OH excluding ortho intramolecular Hbond substituents is 1. The molecule has 0 atom stereocenters. The molecule has 0 saturated carbocycles. The van der Waals surface area contributed by atoms with Gasteiger partial charge >= 0.3 is 0 Å². The molecule has 0 heterocycles. The topological polar surface area (TPSA) is 37.3 Å². The average molecular weight is 265 g/mol. The van der Waals surface area contributed by atoms with Crippen molar-refractivity contribution in [2.24, 2.45) is 0 Å². The number of rotatable bonds is 3. The van der Waals surface area contributed by atoms with E-state index in [0.717, 1.165) is 9.79 Å². The van der Waals surface area contributed by atoms with E-state index in [1.807, 2.05) is 24.3 Å². The van der Waals surface area contributed by atoms with Gasteiger partial charge in [-0.15, -0.1) is 0 Å². The van der Waals surface area contributed by atoms with Crippen LogP contribution in [-0.2, 0) is 0 Å². The van der Waals surface area contributed by atoms with E-state index in [1.54, 1.807) is 18.2 Å². The molecule has 0 saturated heterocycles. The molecule has 0 unspecified atom stereocenters. The molecule has 2 aromatic rings. The van der Waals surface area contributed by atoms with Crippen LogP contribution in [0.3, 0.4) is 0 Å². The molecule has 0 aromatic heterocycles. The Labute approximate surface area is 108 Å². The fourth-order valence-electron chi connectivity index (χ4n) is 1.34. The van der Waals surface area contributed by atoms with Crippen molar-refractivity contribution in [2.75, 3.05) is 0 Å². The lowest BCUT2D eigenvalue weighted by atomic mass is 10.2. The number of hydrogen-bond acceptors (Lipinski definition) is 3. The van der Waals surface area contributed by atoms with Gasteiger partial charge in [-0.05, 0) is 30.3 Å². The molecule has 86 valence electrons. The second-order valence-electron chi connectivity index (χ2n) is 3.37. The predicted octanol–water partition coefficient (Wildman–Crippen LogP) is 4.01. The van der Waals surface area contributed by atoms with E-state index >= 15 is 0 Å². The van der Waals surface area contributed by atoms with Crippen LogP contribution in [0.5, 0.6) is 5.75 Å². The van der Waals surface area contributed by atoms with Crippen LogP contribution in [0.2, 0.25) is 5.02 Å². The van der Waals surface area contributed by atoms with Gasteiger partial charge in [0.1, 0.15) is 5.75 Å². The van der Waals surface area contributed by atoms with E-state index in [1.165, 1.54) is 11.8 Å². The number of halogens is 1. The quantitative estimate of drug-likeness (QED) is 0.851. The van der Waals surface area contributed by atoms with E-state index in [9.17, 15) is 9.90 Å². The summed E-state index contributed by atoms with van der Waals surface area (Å²) in [6.45, 7) is 0. The standard InChI is InChI=1S/C13H9ClO2S/c14-11-3-1-2-4-13(11)17-10-6-5-9(8-15)12(16)7-10/h1-8,16H. The molecule has 0 bridgehead atoms. The summed E-state index contributed by atoms with van der Waals surface area (Å²) in [7, 11) is 0. The maximum atomic E-state index is 10.6. The molecule has 2 nitrogen and oxygen atoms in total. The molecule has 2 rings (SSSR count). The first kappa shape index (κ1) is 12.0. The minimum absolute atomic E-state index is 0.0166. The highest BCUT2D eigenvalue weighted by atomic mass is 35.5. The molecule has 0 fully saturated rings. The number of hydrogen-bond donors (Lipinski definition) is 1. The Morgan fingerprint density at radius 1 is 1.18 bits per heavy atom. The number of aromatic hydroxyl groups is 1. The number of benzene rings is 2. The zero-order chi connectivity index (χ0) is 12.3. The second-order valence-corrected chi connectivity index (χ2v) is 4.89. The minimum Gasteiger partial charge on any atom is -0.507 e. The normalized spacial score (nSPS) is 10.2. The van der Waals surface area contributed by atoms with Crippen molar-refractivity contribution in [1.29, 1.82) is 0 Å². The Bertz CT molecular complexity index is 555. The van der Waals surface area contributed by atoms with Gasteiger partial charge in [-0.25, -0.2) is 0 Å². The molecule has 2 aromatic carbocycles. The Hall–Kier alpha value is -1.45. The number of phenols is 1. The van der Waals surface area contributed by atoms with Gasteiger partial charge < -0.3 is 5.11 Å². The van der Waals surface area contributed by atoms with Gasteiger partial charge in [0.2, 0.25) is 0 Å². The van der Waals surface area contributed by atoms with Crippen LogP contribution in [0.4, 0.5) is 0 Å². The maximum absolute atomic E-state index is 10.6. The molecule has 0 radical (unpaired) electrons. The summed E-state index contributed by atoms with van der Waals surface area (Å²) in [5.74, 6) is -0.0166. The van der Waals surface area contributed by atoms with Crippen LogP contribution in [0.15, 0.2) is 52.3 Å². The smallest absolute Gasteiger partial charge is 0.153 e. The lowest BCUT2D eigenvalue weighted by molar-refractivity contribution is 0.112. The van der Waals surface area contributed by atoms with Crippen LogP contribution in [0, 0.1) is 0 Å². The van der Waals surface area contributed by atoms with Gasteiger partial charge in [-0.3, -0.25) is 4.79 Å². The molecule has 4 heteroatoms. The molecular weight excluding hydrogens is 256 g/mol. The molecule has 17 heavy (non-hydrogen) atoms. The van der Waals surface area contributed by atoms with E-state index in [2.05, 4.69) is 0 Å². The van der Waals surface area contributed by atoms with Crippen molar-refractivity contribution >= 4 is 29.6 Å². The van der Waals surface area contributed by atoms with Crippen LogP contribution < -0.4 is 0 Å². The fourth-order valence-corrected chi connectivity index (χ4v) is 2.47. The van der Waals surface area contributed by atoms with Crippen molar-refractivity contribution in [1.82, 2.24) is 0 Å². The maximum Gasteiger partial charge on any atom is 0.153 e. The third kappa shape index (κ3) is 2.81. The van der Waals surface area contributed by atoms with Gasteiger partial charge in [0.25, 0.3) is 0 Å². The molecule has 0 spiro atoms. The van der Waals surface area contributed by atoms with Gasteiger partial charge in [-0.2, -0.15) is 0 Å². The molecule has 0 aliphatic heterocycles. The zero-order valence-corrected chi connectivity index (χ0v) is 10.3. The molecule has 0 aliphatic rings. The van der Waals surface area contributed by atoms with Crippen LogP contribution in [-0.4, -0.2) is 11.4 Å². The summed E-state index contributed by atoms with van der Waals surface area (Å²) >= 11 is 7.47. The first-order chi connectivity index (χ1) is 8.20. The van der Waals surface area contributed by atoms with E-state index < -0.39 is 0 Å². The monoisotopic (exact) mass is 264 g/mol. The highest BCUT2D eigenvalue weighted by Gasteiger charge is 2.05. The van der Waals surface area contributed by atoms with Crippen LogP contribution >= 0.6 is 23.4 Å². The average Bonchev–Trinajstić information content (AvgIpc) is 2.32. The summed E-state index contributed by atoms with van der Waals surface area (Å²) in [4.78, 5) is 12.3. The van der Waals surface area contributed by atoms with Gasteiger partial charge in [-0.1, -0.05) is 35.5 Å². The minimum atomic E-state index is -0.0166. The highest BCUT2D eigenvalue weighted by molar-refractivity contribution is 7.99. The molecule has 0 amide bonds. The zero-order valence-electron chi connectivity index (χ0n) is 8.76. The lowest BCUT2D eigenvalue weighted by Gasteiger charge is -2.05. The Kier molecular flexibility index (Phi) is 3.71. The largest absolute Gasteiger partial charge is 0.507 e. The Balaban J connectivity index is 2.28. The highest BCUT2D eigenvalue weighted by Crippen LogP contribution is 2.34. The Morgan fingerprint density at radius 2 is 1.94 bits per heavy atom. The summed E-state index contributed by atoms with van der Waals surface area (Å²) in [5.41, 5.74) is 0.286. The van der Waals surface area contributed by atoms with Crippen LogP contribution in [0.25, 0.3) is 0 Å². The summed E-state index contributed by atoms with van der Waals surface area (Å²) in [6, 6.07) is 12.4. The number of aldehydes is 1. The van der Waals surface area contributed by atoms with Gasteiger partial charge in [0.05, 0.1) is 10.6 Å². The van der Waals surface area contributed by atoms with E-state index in [0.29, 0.717) is 11.3 Å².